The molecule has 0 atom stereocenters. The molecule has 0 bridgehead atoms. The van der Waals surface area contributed by atoms with Crippen molar-refractivity contribution in [1.82, 2.24) is 9.97 Å². The van der Waals surface area contributed by atoms with E-state index in [0.717, 1.165) is 5.56 Å². The number of amides is 1. The van der Waals surface area contributed by atoms with Gasteiger partial charge in [-0.1, -0.05) is 18.2 Å². The van der Waals surface area contributed by atoms with Crippen LogP contribution in [0, 0.1) is 13.8 Å². The van der Waals surface area contributed by atoms with E-state index in [2.05, 4.69) is 20.0 Å². The van der Waals surface area contributed by atoms with Gasteiger partial charge in [0.15, 0.2) is 0 Å². The van der Waals surface area contributed by atoms with Gasteiger partial charge in [0, 0.05) is 28.7 Å². The zero-order valence-corrected chi connectivity index (χ0v) is 18.1. The van der Waals surface area contributed by atoms with Gasteiger partial charge in [-0.25, -0.2) is 23.1 Å². The average Bonchev–Trinajstić information content (AvgIpc) is 2.71. The first-order chi connectivity index (χ1) is 14.8. The standard InChI is InChI=1S/C22H22N4O4S/c1-15-14-16(2)24-22(23-15)26-31(28,29)19-11-9-18(10-12-19)25-21(27)13-8-17-6-4-5-7-20(17)30-3/h4-14H,1-3H3,(H,25,27)(H,23,24,26). The summed E-state index contributed by atoms with van der Waals surface area (Å²) < 4.78 is 32.8. The van der Waals surface area contributed by atoms with Gasteiger partial charge in [-0.2, -0.15) is 0 Å². The number of hydrogen-bond donors (Lipinski definition) is 2. The molecule has 9 heteroatoms. The van der Waals surface area contributed by atoms with Gasteiger partial charge in [-0.3, -0.25) is 4.79 Å². The first-order valence-corrected chi connectivity index (χ1v) is 10.8. The molecule has 0 unspecified atom stereocenters. The fourth-order valence-electron chi connectivity index (χ4n) is 2.82. The number of hydrogen-bond acceptors (Lipinski definition) is 6. The Kier molecular flexibility index (Phi) is 6.66. The number of rotatable bonds is 7. The maximum absolute atomic E-state index is 12.6. The first kappa shape index (κ1) is 22.0. The van der Waals surface area contributed by atoms with E-state index >= 15 is 0 Å². The van der Waals surface area contributed by atoms with Crippen molar-refractivity contribution >= 4 is 33.6 Å². The molecule has 0 aliphatic heterocycles. The summed E-state index contributed by atoms with van der Waals surface area (Å²) in [5, 5.41) is 2.69. The maximum atomic E-state index is 12.6. The minimum atomic E-state index is -3.86. The zero-order valence-electron chi connectivity index (χ0n) is 17.3. The molecule has 1 heterocycles. The molecule has 2 aromatic carbocycles. The summed E-state index contributed by atoms with van der Waals surface area (Å²) in [6, 6.07) is 14.9. The van der Waals surface area contributed by atoms with Crippen molar-refractivity contribution < 1.29 is 17.9 Å². The summed E-state index contributed by atoms with van der Waals surface area (Å²) in [5.41, 5.74) is 2.53. The van der Waals surface area contributed by atoms with E-state index in [-0.39, 0.29) is 16.8 Å². The van der Waals surface area contributed by atoms with Crippen LogP contribution in [0.4, 0.5) is 11.6 Å². The average molecular weight is 439 g/mol. The molecule has 1 amide bonds. The molecule has 160 valence electrons. The van der Waals surface area contributed by atoms with Crippen LogP contribution in [-0.4, -0.2) is 31.4 Å². The number of carbonyl (C=O) groups excluding carboxylic acids is 1. The van der Waals surface area contributed by atoms with Crippen LogP contribution in [0.5, 0.6) is 5.75 Å². The van der Waals surface area contributed by atoms with Gasteiger partial charge in [0.25, 0.3) is 10.0 Å². The van der Waals surface area contributed by atoms with Crippen LogP contribution in [-0.2, 0) is 14.8 Å². The Morgan fingerprint density at radius 2 is 1.65 bits per heavy atom. The first-order valence-electron chi connectivity index (χ1n) is 9.34. The highest BCUT2D eigenvalue weighted by Crippen LogP contribution is 2.19. The van der Waals surface area contributed by atoms with E-state index in [1.807, 2.05) is 18.2 Å². The van der Waals surface area contributed by atoms with Crippen LogP contribution in [0.1, 0.15) is 17.0 Å². The van der Waals surface area contributed by atoms with Crippen molar-refractivity contribution in [3.63, 3.8) is 0 Å². The number of carbonyl (C=O) groups is 1. The molecule has 0 aliphatic carbocycles. The highest BCUT2D eigenvalue weighted by atomic mass is 32.2. The normalized spacial score (nSPS) is 11.3. The van der Waals surface area contributed by atoms with E-state index < -0.39 is 10.0 Å². The number of nitrogens with one attached hydrogen (secondary N) is 2. The molecule has 31 heavy (non-hydrogen) atoms. The number of benzene rings is 2. The number of aryl methyl sites for hydroxylation is 2. The van der Waals surface area contributed by atoms with Crippen LogP contribution in [0.3, 0.4) is 0 Å². The summed E-state index contributed by atoms with van der Waals surface area (Å²) in [5.74, 6) is 0.307. The van der Waals surface area contributed by atoms with Crippen molar-refractivity contribution in [2.75, 3.05) is 17.1 Å². The second kappa shape index (κ2) is 9.40. The number of aromatic nitrogens is 2. The Hall–Kier alpha value is -3.72. The van der Waals surface area contributed by atoms with Crippen LogP contribution in [0.25, 0.3) is 6.08 Å². The lowest BCUT2D eigenvalue weighted by atomic mass is 10.2. The third-order valence-electron chi connectivity index (χ3n) is 4.19. The molecule has 0 aliphatic rings. The minimum absolute atomic E-state index is 0.0105. The third-order valence-corrected chi connectivity index (χ3v) is 5.54. The lowest BCUT2D eigenvalue weighted by Gasteiger charge is -2.09. The van der Waals surface area contributed by atoms with Gasteiger partial charge in [0.1, 0.15) is 5.75 Å². The molecule has 2 N–H and O–H groups in total. The Bertz CT molecular complexity index is 1200. The Balaban J connectivity index is 1.68. The quantitative estimate of drug-likeness (QED) is 0.546. The molecule has 0 fully saturated rings. The topological polar surface area (TPSA) is 110 Å². The highest BCUT2D eigenvalue weighted by Gasteiger charge is 2.16. The van der Waals surface area contributed by atoms with Gasteiger partial charge in [0.05, 0.1) is 12.0 Å². The summed E-state index contributed by atoms with van der Waals surface area (Å²) in [6.45, 7) is 3.51. The number of para-hydroxylation sites is 1. The van der Waals surface area contributed by atoms with Crippen molar-refractivity contribution in [3.05, 3.63) is 77.6 Å². The van der Waals surface area contributed by atoms with Gasteiger partial charge in [-0.05, 0) is 56.3 Å². The van der Waals surface area contributed by atoms with Crippen molar-refractivity contribution in [3.8, 4) is 5.75 Å². The van der Waals surface area contributed by atoms with E-state index in [1.54, 1.807) is 39.2 Å². The minimum Gasteiger partial charge on any atom is -0.496 e. The van der Waals surface area contributed by atoms with Gasteiger partial charge >= 0.3 is 0 Å². The number of sulfonamides is 1. The molecule has 1 aromatic heterocycles. The summed E-state index contributed by atoms with van der Waals surface area (Å²) in [7, 11) is -2.30. The summed E-state index contributed by atoms with van der Waals surface area (Å²) >= 11 is 0. The van der Waals surface area contributed by atoms with Gasteiger partial charge < -0.3 is 10.1 Å². The molecular weight excluding hydrogens is 416 g/mol. The largest absolute Gasteiger partial charge is 0.496 e. The second-order valence-corrected chi connectivity index (χ2v) is 8.35. The second-order valence-electron chi connectivity index (χ2n) is 6.67. The van der Waals surface area contributed by atoms with E-state index in [9.17, 15) is 13.2 Å². The van der Waals surface area contributed by atoms with E-state index in [1.165, 1.54) is 30.3 Å². The van der Waals surface area contributed by atoms with E-state index in [4.69, 9.17) is 4.74 Å². The van der Waals surface area contributed by atoms with Crippen LogP contribution >= 0.6 is 0 Å². The van der Waals surface area contributed by atoms with Crippen LogP contribution in [0.15, 0.2) is 65.6 Å². The Morgan fingerprint density at radius 3 is 2.29 bits per heavy atom. The van der Waals surface area contributed by atoms with E-state index in [0.29, 0.717) is 22.8 Å². The molecule has 0 spiro atoms. The zero-order chi connectivity index (χ0) is 22.4. The Morgan fingerprint density at radius 1 is 1.00 bits per heavy atom. The highest BCUT2D eigenvalue weighted by molar-refractivity contribution is 7.92. The molecule has 3 rings (SSSR count). The maximum Gasteiger partial charge on any atom is 0.264 e. The number of anilines is 2. The number of nitrogens with zero attached hydrogens (tertiary/aromatic N) is 2. The lowest BCUT2D eigenvalue weighted by Crippen LogP contribution is -2.16. The van der Waals surface area contributed by atoms with Gasteiger partial charge in [0.2, 0.25) is 11.9 Å². The fourth-order valence-corrected chi connectivity index (χ4v) is 3.77. The Labute approximate surface area is 181 Å². The smallest absolute Gasteiger partial charge is 0.264 e. The fraction of sp³-hybridized carbons (Fsp3) is 0.136. The van der Waals surface area contributed by atoms with Gasteiger partial charge in [-0.15, -0.1) is 0 Å². The monoisotopic (exact) mass is 438 g/mol. The van der Waals surface area contributed by atoms with Crippen LogP contribution in [0.2, 0.25) is 0 Å². The molecule has 8 nitrogen and oxygen atoms in total. The van der Waals surface area contributed by atoms with Crippen LogP contribution < -0.4 is 14.8 Å². The van der Waals surface area contributed by atoms with Crippen molar-refractivity contribution in [1.29, 1.82) is 0 Å². The summed E-state index contributed by atoms with van der Waals surface area (Å²) in [6.07, 6.45) is 3.02. The molecule has 0 saturated carbocycles. The predicted octanol–water partition coefficient (Wildman–Crippen LogP) is 3.55. The molecule has 0 saturated heterocycles. The lowest BCUT2D eigenvalue weighted by molar-refractivity contribution is -0.111. The number of methoxy groups -OCH3 is 1. The third kappa shape index (κ3) is 5.89. The van der Waals surface area contributed by atoms with Crippen molar-refractivity contribution in [2.45, 2.75) is 18.7 Å². The predicted molar refractivity (Wildman–Crippen MR) is 119 cm³/mol. The summed E-state index contributed by atoms with van der Waals surface area (Å²) in [4.78, 5) is 20.4. The molecular formula is C22H22N4O4S. The molecule has 3 aromatic rings. The molecule has 0 radical (unpaired) electrons. The SMILES string of the molecule is COc1ccccc1C=CC(=O)Nc1ccc(S(=O)(=O)Nc2nc(C)cc(C)n2)cc1. The number of ether oxygens (including phenoxy) is 1. The van der Waals surface area contributed by atoms with Crippen molar-refractivity contribution in [2.24, 2.45) is 0 Å².